The largest absolute Gasteiger partial charge is 0.507 e. The van der Waals surface area contributed by atoms with E-state index in [1.807, 2.05) is 0 Å². The van der Waals surface area contributed by atoms with Crippen LogP contribution in [0.5, 0.6) is 11.5 Å². The van der Waals surface area contributed by atoms with Gasteiger partial charge in [-0.05, 0) is 18.1 Å². The highest BCUT2D eigenvalue weighted by molar-refractivity contribution is 5.96. The summed E-state index contributed by atoms with van der Waals surface area (Å²) in [5, 5.41) is 10.1. The predicted molar refractivity (Wildman–Crippen MR) is 107 cm³/mol. The third-order valence-electron chi connectivity index (χ3n) is 4.74. The van der Waals surface area contributed by atoms with Gasteiger partial charge in [0.15, 0.2) is 0 Å². The molecular formula is C22H34O5. The predicted octanol–water partition coefficient (Wildman–Crippen LogP) is 5.22. The molecule has 0 aliphatic rings. The SMILES string of the molecule is CCCCCCCCCCCC(=O)Cc1cc(OC)cc(O)c1C(=O)OC. The summed E-state index contributed by atoms with van der Waals surface area (Å²) in [5.41, 5.74) is 0.485. The summed E-state index contributed by atoms with van der Waals surface area (Å²) in [4.78, 5) is 24.2. The second kappa shape index (κ2) is 13.2. The lowest BCUT2D eigenvalue weighted by molar-refractivity contribution is -0.118. The zero-order valence-corrected chi connectivity index (χ0v) is 17.0. The molecule has 27 heavy (non-hydrogen) atoms. The van der Waals surface area contributed by atoms with E-state index >= 15 is 0 Å². The smallest absolute Gasteiger partial charge is 0.341 e. The number of benzene rings is 1. The highest BCUT2D eigenvalue weighted by Gasteiger charge is 2.20. The molecule has 0 radical (unpaired) electrons. The molecule has 1 aromatic carbocycles. The molecule has 0 spiro atoms. The van der Waals surface area contributed by atoms with Crippen molar-refractivity contribution < 1.29 is 24.2 Å². The topological polar surface area (TPSA) is 72.8 Å². The number of ether oxygens (including phenoxy) is 2. The van der Waals surface area contributed by atoms with Crippen molar-refractivity contribution in [2.24, 2.45) is 0 Å². The summed E-state index contributed by atoms with van der Waals surface area (Å²) < 4.78 is 9.84. The number of phenols is 1. The molecule has 0 atom stereocenters. The van der Waals surface area contributed by atoms with Gasteiger partial charge in [0.25, 0.3) is 0 Å². The molecule has 1 N–H and O–H groups in total. The van der Waals surface area contributed by atoms with Crippen molar-refractivity contribution in [1.82, 2.24) is 0 Å². The minimum atomic E-state index is -0.652. The first-order chi connectivity index (χ1) is 13.0. The maximum atomic E-state index is 12.3. The van der Waals surface area contributed by atoms with Crippen molar-refractivity contribution in [2.75, 3.05) is 14.2 Å². The van der Waals surface area contributed by atoms with Gasteiger partial charge in [0, 0.05) is 18.9 Å². The molecule has 0 aromatic heterocycles. The number of aromatic hydroxyl groups is 1. The number of rotatable bonds is 14. The van der Waals surface area contributed by atoms with E-state index in [4.69, 9.17) is 9.47 Å². The van der Waals surface area contributed by atoms with Crippen LogP contribution in [0.15, 0.2) is 12.1 Å². The molecule has 0 bridgehead atoms. The molecular weight excluding hydrogens is 344 g/mol. The van der Waals surface area contributed by atoms with Crippen molar-refractivity contribution in [3.05, 3.63) is 23.3 Å². The van der Waals surface area contributed by atoms with Gasteiger partial charge in [-0.25, -0.2) is 4.79 Å². The van der Waals surface area contributed by atoms with Gasteiger partial charge in [-0.3, -0.25) is 4.79 Å². The zero-order valence-electron chi connectivity index (χ0n) is 17.0. The van der Waals surface area contributed by atoms with Crippen molar-refractivity contribution >= 4 is 11.8 Å². The fraction of sp³-hybridized carbons (Fsp3) is 0.636. The highest BCUT2D eigenvalue weighted by atomic mass is 16.5. The Morgan fingerprint density at radius 3 is 2.07 bits per heavy atom. The number of methoxy groups -OCH3 is 2. The summed E-state index contributed by atoms with van der Waals surface area (Å²) >= 11 is 0. The summed E-state index contributed by atoms with van der Waals surface area (Å²) in [6, 6.07) is 2.96. The number of phenolic OH excluding ortho intramolecular Hbond substituents is 1. The minimum absolute atomic E-state index is 0.0405. The quantitative estimate of drug-likeness (QED) is 0.355. The lowest BCUT2D eigenvalue weighted by Gasteiger charge is -2.12. The number of Topliss-reactive ketones (excluding diaryl/α,β-unsaturated/α-hetero) is 1. The number of hydrogen-bond acceptors (Lipinski definition) is 5. The Morgan fingerprint density at radius 2 is 1.52 bits per heavy atom. The molecule has 0 amide bonds. The Labute approximate surface area is 163 Å². The van der Waals surface area contributed by atoms with E-state index in [-0.39, 0.29) is 23.5 Å². The maximum Gasteiger partial charge on any atom is 0.341 e. The molecule has 0 saturated heterocycles. The molecule has 0 heterocycles. The highest BCUT2D eigenvalue weighted by Crippen LogP contribution is 2.29. The molecule has 1 rings (SSSR count). The number of ketones is 1. The molecule has 0 saturated carbocycles. The van der Waals surface area contributed by atoms with Crippen LogP contribution >= 0.6 is 0 Å². The van der Waals surface area contributed by atoms with Gasteiger partial charge in [0.05, 0.1) is 14.2 Å². The Morgan fingerprint density at radius 1 is 0.926 bits per heavy atom. The van der Waals surface area contributed by atoms with Gasteiger partial charge in [0.2, 0.25) is 0 Å². The lowest BCUT2D eigenvalue weighted by atomic mass is 9.98. The monoisotopic (exact) mass is 378 g/mol. The fourth-order valence-corrected chi connectivity index (χ4v) is 3.19. The first-order valence-corrected chi connectivity index (χ1v) is 10.0. The zero-order chi connectivity index (χ0) is 20.1. The Bertz CT molecular complexity index is 595. The van der Waals surface area contributed by atoms with Gasteiger partial charge in [-0.2, -0.15) is 0 Å². The molecule has 0 fully saturated rings. The fourth-order valence-electron chi connectivity index (χ4n) is 3.19. The van der Waals surface area contributed by atoms with Gasteiger partial charge in [-0.15, -0.1) is 0 Å². The van der Waals surface area contributed by atoms with Crippen LogP contribution in [0.3, 0.4) is 0 Å². The summed E-state index contributed by atoms with van der Waals surface area (Å²) in [6.45, 7) is 2.22. The van der Waals surface area contributed by atoms with Crippen LogP contribution in [0.25, 0.3) is 0 Å². The average Bonchev–Trinajstić information content (AvgIpc) is 2.65. The van der Waals surface area contributed by atoms with Crippen molar-refractivity contribution in [3.63, 3.8) is 0 Å². The van der Waals surface area contributed by atoms with Crippen LogP contribution in [0.2, 0.25) is 0 Å². The third kappa shape index (κ3) is 8.46. The Balaban J connectivity index is 2.45. The van der Waals surface area contributed by atoms with E-state index in [1.54, 1.807) is 6.07 Å². The minimum Gasteiger partial charge on any atom is -0.507 e. The summed E-state index contributed by atoms with van der Waals surface area (Å²) in [6.07, 6.45) is 11.4. The molecule has 0 aliphatic heterocycles. The van der Waals surface area contributed by atoms with Crippen molar-refractivity contribution in [1.29, 1.82) is 0 Å². The standard InChI is InChI=1S/C22H34O5/c1-4-5-6-7-8-9-10-11-12-13-18(23)14-17-15-19(26-2)16-20(24)21(17)22(25)27-3/h15-16,24H,4-14H2,1-3H3. The third-order valence-corrected chi connectivity index (χ3v) is 4.74. The van der Waals surface area contributed by atoms with E-state index in [2.05, 4.69) is 6.92 Å². The molecule has 5 heteroatoms. The van der Waals surface area contributed by atoms with Crippen LogP contribution in [-0.2, 0) is 16.0 Å². The molecule has 152 valence electrons. The van der Waals surface area contributed by atoms with E-state index in [1.165, 1.54) is 58.8 Å². The van der Waals surface area contributed by atoms with E-state index < -0.39 is 5.97 Å². The van der Waals surface area contributed by atoms with Gasteiger partial charge in [-0.1, -0.05) is 58.3 Å². The number of esters is 1. The summed E-state index contributed by atoms with van der Waals surface area (Å²) in [5.74, 6) is -0.421. The molecule has 0 unspecified atom stereocenters. The normalized spacial score (nSPS) is 10.6. The number of unbranched alkanes of at least 4 members (excludes halogenated alkanes) is 8. The van der Waals surface area contributed by atoms with Gasteiger partial charge < -0.3 is 14.6 Å². The number of carbonyl (C=O) groups excluding carboxylic acids is 2. The second-order valence-corrected chi connectivity index (χ2v) is 6.97. The molecule has 5 nitrogen and oxygen atoms in total. The van der Waals surface area contributed by atoms with Crippen molar-refractivity contribution in [2.45, 2.75) is 77.6 Å². The van der Waals surface area contributed by atoms with Crippen molar-refractivity contribution in [3.8, 4) is 11.5 Å². The molecule has 0 aliphatic carbocycles. The first kappa shape index (κ1) is 23.0. The van der Waals surface area contributed by atoms with Gasteiger partial charge >= 0.3 is 5.97 Å². The van der Waals surface area contributed by atoms with Crippen LogP contribution in [-0.4, -0.2) is 31.1 Å². The van der Waals surface area contributed by atoms with Crippen LogP contribution in [0.1, 0.15) is 87.1 Å². The van der Waals surface area contributed by atoms with E-state index in [9.17, 15) is 14.7 Å². The first-order valence-electron chi connectivity index (χ1n) is 10.0. The van der Waals surface area contributed by atoms with E-state index in [0.29, 0.717) is 17.7 Å². The lowest BCUT2D eigenvalue weighted by Crippen LogP contribution is -2.11. The second-order valence-electron chi connectivity index (χ2n) is 6.97. The van der Waals surface area contributed by atoms with Crippen LogP contribution in [0, 0.1) is 0 Å². The number of hydrogen-bond donors (Lipinski definition) is 1. The Hall–Kier alpha value is -2.04. The average molecular weight is 379 g/mol. The van der Waals surface area contributed by atoms with E-state index in [0.717, 1.165) is 19.3 Å². The van der Waals surface area contributed by atoms with Crippen LogP contribution < -0.4 is 4.74 Å². The maximum absolute atomic E-state index is 12.3. The number of carbonyl (C=O) groups is 2. The van der Waals surface area contributed by atoms with Crippen LogP contribution in [0.4, 0.5) is 0 Å². The summed E-state index contributed by atoms with van der Waals surface area (Å²) in [7, 11) is 2.72. The molecule has 1 aromatic rings. The Kier molecular flexibility index (Phi) is 11.2. The van der Waals surface area contributed by atoms with Gasteiger partial charge in [0.1, 0.15) is 22.8 Å².